The number of aromatic amines is 1. The first-order chi connectivity index (χ1) is 25.2. The first-order valence-electron chi connectivity index (χ1n) is 17.9. The summed E-state index contributed by atoms with van der Waals surface area (Å²) in [5.74, 6) is -0.378. The second-order valence-electron chi connectivity index (χ2n) is 14.7. The molecule has 4 aliphatic rings. The zero-order chi connectivity index (χ0) is 35.7. The van der Waals surface area contributed by atoms with Crippen LogP contribution in [0.5, 0.6) is 0 Å². The molecule has 3 fully saturated rings. The molecule has 1 aromatic heterocycles. The van der Waals surface area contributed by atoms with Crippen LogP contribution in [0.3, 0.4) is 0 Å². The Hall–Kier alpha value is -5.90. The molecule has 4 aliphatic heterocycles. The predicted molar refractivity (Wildman–Crippen MR) is 197 cm³/mol. The Morgan fingerprint density at radius 1 is 0.692 bits per heavy atom. The molecule has 3 N–H and O–H groups in total. The maximum absolute atomic E-state index is 14.4. The number of H-pyrrole nitrogens is 1. The molecule has 262 valence electrons. The van der Waals surface area contributed by atoms with E-state index < -0.39 is 35.7 Å². The van der Waals surface area contributed by atoms with Crippen LogP contribution in [0.4, 0.5) is 5.69 Å². The Balaban J connectivity index is 1.02. The molecule has 6 atom stereocenters. The monoisotopic (exact) mass is 692 g/mol. The number of para-hydroxylation sites is 1. The van der Waals surface area contributed by atoms with Crippen LogP contribution in [0.1, 0.15) is 34.2 Å². The van der Waals surface area contributed by atoms with Crippen molar-refractivity contribution < 1.29 is 19.2 Å². The fraction of sp³-hybridized carbons (Fsp3) is 0.286. The molecular formula is C42H40N6O4. The van der Waals surface area contributed by atoms with Crippen LogP contribution < -0.4 is 10.6 Å². The topological polar surface area (TPSA) is 118 Å². The van der Waals surface area contributed by atoms with Crippen molar-refractivity contribution in [2.45, 2.75) is 61.4 Å². The summed E-state index contributed by atoms with van der Waals surface area (Å²) in [4.78, 5) is 63.8. The lowest BCUT2D eigenvalue weighted by Gasteiger charge is -2.42. The highest BCUT2D eigenvalue weighted by atomic mass is 16.2. The van der Waals surface area contributed by atoms with Crippen molar-refractivity contribution in [3.63, 3.8) is 0 Å². The van der Waals surface area contributed by atoms with Crippen molar-refractivity contribution in [3.8, 4) is 0 Å². The van der Waals surface area contributed by atoms with Gasteiger partial charge in [0.1, 0.15) is 30.3 Å². The fourth-order valence-corrected chi connectivity index (χ4v) is 9.20. The summed E-state index contributed by atoms with van der Waals surface area (Å²) >= 11 is 0. The Morgan fingerprint density at radius 3 is 2.08 bits per heavy atom. The average Bonchev–Trinajstić information content (AvgIpc) is 3.83. The lowest BCUT2D eigenvalue weighted by molar-refractivity contribution is -0.159. The largest absolute Gasteiger partial charge is 0.364 e. The Morgan fingerprint density at radius 2 is 1.35 bits per heavy atom. The summed E-state index contributed by atoms with van der Waals surface area (Å²) < 4.78 is 0. The lowest BCUT2D eigenvalue weighted by atomic mass is 9.72. The third-order valence-corrected chi connectivity index (χ3v) is 11.9. The standard InChI is InChI=1S/C42H40N6O4/c1-46-34(19-25-11-5-3-6-12-25)37(49)44-33(38(46)50)21-27-24-43-32-22-28(17-18-29(27)32)42-23-36-39(51)47(2)35(20-26-13-7-4-8-14-26)40(52)48(36)41(42)45-31-16-10-9-15-30(31)42/h3-18,22,24,33-36,41,43,45H,19-21,23H2,1-2H3,(H,44,49)/t33-,34+,35+,36-,41-,42+/m0/s1. The number of amides is 4. The summed E-state index contributed by atoms with van der Waals surface area (Å²) in [7, 11) is 3.46. The Bertz CT molecular complexity index is 2240. The number of nitrogens with zero attached hydrogens (tertiary/aromatic N) is 3. The van der Waals surface area contributed by atoms with Gasteiger partial charge in [-0.3, -0.25) is 19.2 Å². The molecule has 3 saturated heterocycles. The minimum absolute atomic E-state index is 0.0491. The molecule has 0 bridgehead atoms. The van der Waals surface area contributed by atoms with Gasteiger partial charge in [0.2, 0.25) is 23.6 Å². The number of carbonyl (C=O) groups excluding carboxylic acids is 4. The lowest BCUT2D eigenvalue weighted by Crippen LogP contribution is -2.64. The number of rotatable bonds is 7. The quantitative estimate of drug-likeness (QED) is 0.239. The normalized spacial score (nSPS) is 26.7. The summed E-state index contributed by atoms with van der Waals surface area (Å²) in [6, 6.07) is 31.5. The molecule has 0 radical (unpaired) electrons. The Kier molecular flexibility index (Phi) is 7.46. The van der Waals surface area contributed by atoms with E-state index in [1.54, 1.807) is 23.9 Å². The van der Waals surface area contributed by atoms with E-state index in [4.69, 9.17) is 0 Å². The first-order valence-corrected chi connectivity index (χ1v) is 17.9. The van der Waals surface area contributed by atoms with Gasteiger partial charge in [-0.25, -0.2) is 0 Å². The van der Waals surface area contributed by atoms with E-state index in [1.165, 1.54) is 0 Å². The molecule has 0 saturated carbocycles. The second-order valence-corrected chi connectivity index (χ2v) is 14.7. The molecular weight excluding hydrogens is 653 g/mol. The Labute approximate surface area is 301 Å². The molecule has 9 rings (SSSR count). The minimum Gasteiger partial charge on any atom is -0.364 e. The van der Waals surface area contributed by atoms with Gasteiger partial charge in [0.25, 0.3) is 0 Å². The van der Waals surface area contributed by atoms with Crippen molar-refractivity contribution in [3.05, 3.63) is 137 Å². The zero-order valence-corrected chi connectivity index (χ0v) is 29.1. The molecule has 10 nitrogen and oxygen atoms in total. The van der Waals surface area contributed by atoms with E-state index in [2.05, 4.69) is 39.9 Å². The maximum Gasteiger partial charge on any atom is 0.248 e. The maximum atomic E-state index is 14.4. The summed E-state index contributed by atoms with van der Waals surface area (Å²) in [5, 5.41) is 7.62. The van der Waals surface area contributed by atoms with Gasteiger partial charge in [-0.05, 0) is 46.4 Å². The van der Waals surface area contributed by atoms with E-state index in [-0.39, 0.29) is 23.6 Å². The van der Waals surface area contributed by atoms with E-state index in [0.29, 0.717) is 25.7 Å². The van der Waals surface area contributed by atoms with Crippen molar-refractivity contribution in [1.29, 1.82) is 0 Å². The number of hydrogen-bond acceptors (Lipinski definition) is 5. The number of anilines is 1. The molecule has 4 aromatic carbocycles. The van der Waals surface area contributed by atoms with Crippen LogP contribution in [-0.2, 0) is 43.9 Å². The number of fused-ring (bicyclic) bond motifs is 6. The SMILES string of the molecule is CN1C(=O)[C@H](Cc2c[nH]c3cc([C@@]45C[C@H]6C(=O)N(C)[C@H](Cc7ccccc7)C(=O)N6[C@@H]4Nc4ccccc45)ccc23)NC(=O)[C@H]1Cc1ccccc1. The third-order valence-electron chi connectivity index (χ3n) is 11.9. The van der Waals surface area contributed by atoms with E-state index in [1.807, 2.05) is 90.0 Å². The van der Waals surface area contributed by atoms with Crippen LogP contribution in [0.15, 0.2) is 109 Å². The molecule has 5 aromatic rings. The minimum atomic E-state index is -0.680. The molecule has 52 heavy (non-hydrogen) atoms. The van der Waals surface area contributed by atoms with Crippen molar-refractivity contribution in [2.75, 3.05) is 19.4 Å². The number of aromatic nitrogens is 1. The van der Waals surface area contributed by atoms with Gasteiger partial charge in [0.15, 0.2) is 0 Å². The molecule has 10 heteroatoms. The third kappa shape index (κ3) is 4.84. The van der Waals surface area contributed by atoms with Crippen LogP contribution in [-0.4, -0.2) is 87.7 Å². The number of nitrogens with one attached hydrogen (secondary N) is 3. The van der Waals surface area contributed by atoms with Gasteiger partial charge in [-0.1, -0.05) is 91.0 Å². The van der Waals surface area contributed by atoms with E-state index in [0.717, 1.165) is 44.4 Å². The number of hydrogen-bond donors (Lipinski definition) is 3. The van der Waals surface area contributed by atoms with Crippen LogP contribution in [0, 0.1) is 0 Å². The van der Waals surface area contributed by atoms with Crippen LogP contribution in [0.25, 0.3) is 10.9 Å². The highest BCUT2D eigenvalue weighted by molar-refractivity contribution is 6.00. The average molecular weight is 693 g/mol. The van der Waals surface area contributed by atoms with Crippen molar-refractivity contribution >= 4 is 40.2 Å². The summed E-state index contributed by atoms with van der Waals surface area (Å²) in [6.45, 7) is 0. The zero-order valence-electron chi connectivity index (χ0n) is 29.1. The van der Waals surface area contributed by atoms with E-state index >= 15 is 0 Å². The molecule has 4 amide bonds. The van der Waals surface area contributed by atoms with Crippen LogP contribution in [0.2, 0.25) is 0 Å². The van der Waals surface area contributed by atoms with Gasteiger partial charge < -0.3 is 30.3 Å². The molecule has 0 aliphatic carbocycles. The molecule has 5 heterocycles. The van der Waals surface area contributed by atoms with Crippen molar-refractivity contribution in [2.24, 2.45) is 0 Å². The van der Waals surface area contributed by atoms with Gasteiger partial charge in [-0.15, -0.1) is 0 Å². The molecule has 0 unspecified atom stereocenters. The number of carbonyl (C=O) groups is 4. The van der Waals surface area contributed by atoms with Gasteiger partial charge in [0, 0.05) is 56.1 Å². The number of benzene rings is 4. The van der Waals surface area contributed by atoms with Crippen LogP contribution >= 0.6 is 0 Å². The number of piperazine rings is 2. The molecule has 0 spiro atoms. The smallest absolute Gasteiger partial charge is 0.248 e. The first kappa shape index (κ1) is 32.0. The fourth-order valence-electron chi connectivity index (χ4n) is 9.20. The number of likely N-dealkylation sites (N-methyl/N-ethyl adjacent to an activating group) is 2. The second kappa shape index (κ2) is 12.1. The van der Waals surface area contributed by atoms with Crippen molar-refractivity contribution in [1.82, 2.24) is 25.0 Å². The van der Waals surface area contributed by atoms with Gasteiger partial charge in [0.05, 0.1) is 5.41 Å². The summed E-state index contributed by atoms with van der Waals surface area (Å²) in [6.07, 6.45) is 3.17. The van der Waals surface area contributed by atoms with E-state index in [9.17, 15) is 19.2 Å². The highest BCUT2D eigenvalue weighted by Crippen LogP contribution is 2.56. The van der Waals surface area contributed by atoms with Gasteiger partial charge >= 0.3 is 0 Å². The van der Waals surface area contributed by atoms with Gasteiger partial charge in [-0.2, -0.15) is 0 Å². The highest BCUT2D eigenvalue weighted by Gasteiger charge is 2.64. The predicted octanol–water partition coefficient (Wildman–Crippen LogP) is 4.00. The summed E-state index contributed by atoms with van der Waals surface area (Å²) in [5.41, 5.74) is 6.17.